The smallest absolute Gasteiger partial charge is 0.174 e. The van der Waals surface area contributed by atoms with Gasteiger partial charge in [0.25, 0.3) is 0 Å². The first-order chi connectivity index (χ1) is 18.6. The number of rotatable bonds is 6. The molecule has 0 aliphatic carbocycles. The van der Waals surface area contributed by atoms with E-state index in [9.17, 15) is 0 Å². The summed E-state index contributed by atoms with van der Waals surface area (Å²) in [5.41, 5.74) is 6.74. The Morgan fingerprint density at radius 3 is 2.45 bits per heavy atom. The van der Waals surface area contributed by atoms with Crippen LogP contribution in [-0.2, 0) is 0 Å². The summed E-state index contributed by atoms with van der Waals surface area (Å²) in [6.45, 7) is 7.01. The first-order valence-corrected chi connectivity index (χ1v) is 13.4. The van der Waals surface area contributed by atoms with E-state index in [-0.39, 0.29) is 12.1 Å². The average molecular weight is 519 g/mol. The number of benzene rings is 3. The summed E-state index contributed by atoms with van der Waals surface area (Å²) in [7, 11) is 0. The Hall–Kier alpha value is -4.16. The van der Waals surface area contributed by atoms with Gasteiger partial charge in [-0.2, -0.15) is 0 Å². The molecule has 0 spiro atoms. The molecule has 6 heteroatoms. The normalized spacial score (nSPS) is 17.1. The fraction of sp³-hybridized carbons (Fsp3) is 0.188. The van der Waals surface area contributed by atoms with E-state index in [0.717, 1.165) is 17.1 Å². The molecule has 0 bridgehead atoms. The van der Waals surface area contributed by atoms with Crippen LogP contribution < -0.4 is 15.0 Å². The number of fused-ring (bicyclic) bond motifs is 1. The van der Waals surface area contributed by atoms with Gasteiger partial charge in [-0.1, -0.05) is 42.5 Å². The minimum atomic E-state index is -0.100. The van der Waals surface area contributed by atoms with Crippen molar-refractivity contribution in [2.45, 2.75) is 32.9 Å². The fourth-order valence-electron chi connectivity index (χ4n) is 5.68. The summed E-state index contributed by atoms with van der Waals surface area (Å²) < 4.78 is 8.06. The van der Waals surface area contributed by atoms with Crippen molar-refractivity contribution in [2.75, 3.05) is 11.5 Å². The number of anilines is 1. The van der Waals surface area contributed by atoms with Crippen LogP contribution in [0.2, 0.25) is 0 Å². The lowest BCUT2D eigenvalue weighted by atomic mass is 9.96. The molecule has 3 aromatic carbocycles. The molecule has 0 unspecified atom stereocenters. The van der Waals surface area contributed by atoms with Crippen LogP contribution in [0, 0.1) is 13.8 Å². The van der Waals surface area contributed by atoms with Crippen LogP contribution in [-0.4, -0.2) is 21.3 Å². The van der Waals surface area contributed by atoms with Gasteiger partial charge in [0.05, 0.1) is 30.1 Å². The Morgan fingerprint density at radius 2 is 1.68 bits per heavy atom. The first-order valence-electron chi connectivity index (χ1n) is 13.0. The van der Waals surface area contributed by atoms with Crippen molar-refractivity contribution in [3.8, 4) is 11.4 Å². The quantitative estimate of drug-likeness (QED) is 0.240. The topological polar surface area (TPSA) is 42.3 Å². The van der Waals surface area contributed by atoms with Crippen molar-refractivity contribution in [2.24, 2.45) is 0 Å². The number of pyridine rings is 1. The summed E-state index contributed by atoms with van der Waals surface area (Å²) in [6, 6.07) is 31.4. The molecule has 5 aromatic rings. The van der Waals surface area contributed by atoms with Crippen LogP contribution in [0.4, 0.5) is 5.69 Å². The number of ether oxygens (including phenoxy) is 1. The van der Waals surface area contributed by atoms with Gasteiger partial charge in [-0.3, -0.25) is 4.98 Å². The monoisotopic (exact) mass is 518 g/mol. The van der Waals surface area contributed by atoms with E-state index >= 15 is 0 Å². The van der Waals surface area contributed by atoms with Gasteiger partial charge < -0.3 is 19.5 Å². The Kier molecular flexibility index (Phi) is 6.34. The second kappa shape index (κ2) is 9.95. The van der Waals surface area contributed by atoms with E-state index in [4.69, 9.17) is 21.9 Å². The summed E-state index contributed by atoms with van der Waals surface area (Å²) in [5.74, 6) is 0.848. The van der Waals surface area contributed by atoms with Crippen LogP contribution >= 0.6 is 12.2 Å². The Morgan fingerprint density at radius 1 is 0.921 bits per heavy atom. The molecule has 1 aliphatic rings. The molecular weight excluding hydrogens is 488 g/mol. The van der Waals surface area contributed by atoms with E-state index in [1.807, 2.05) is 37.4 Å². The van der Waals surface area contributed by atoms with E-state index in [1.54, 1.807) is 0 Å². The molecule has 1 fully saturated rings. The van der Waals surface area contributed by atoms with Gasteiger partial charge in [-0.05, 0) is 92.5 Å². The van der Waals surface area contributed by atoms with E-state index in [2.05, 4.69) is 95.4 Å². The maximum absolute atomic E-state index is 5.95. The van der Waals surface area contributed by atoms with Crippen molar-refractivity contribution >= 4 is 33.8 Å². The van der Waals surface area contributed by atoms with Crippen LogP contribution in [0.5, 0.6) is 5.75 Å². The molecule has 1 saturated heterocycles. The molecular formula is C32H30N4OS. The van der Waals surface area contributed by atoms with Gasteiger partial charge in [-0.15, -0.1) is 0 Å². The molecule has 1 aliphatic heterocycles. The number of nitrogens with zero attached hydrogens (tertiary/aromatic N) is 3. The molecule has 2 aromatic heterocycles. The first kappa shape index (κ1) is 24.2. The van der Waals surface area contributed by atoms with Crippen molar-refractivity contribution in [3.05, 3.63) is 120 Å². The predicted octanol–water partition coefficient (Wildman–Crippen LogP) is 7.22. The maximum atomic E-state index is 5.95. The van der Waals surface area contributed by atoms with Gasteiger partial charge in [0.1, 0.15) is 5.75 Å². The highest BCUT2D eigenvalue weighted by Crippen LogP contribution is 2.44. The molecule has 190 valence electrons. The number of aromatic nitrogens is 2. The zero-order valence-corrected chi connectivity index (χ0v) is 22.6. The molecule has 5 nitrogen and oxygen atoms in total. The summed E-state index contributed by atoms with van der Waals surface area (Å²) in [5, 5.41) is 6.73. The zero-order chi connectivity index (χ0) is 26.2. The number of hydrogen-bond acceptors (Lipinski definition) is 3. The van der Waals surface area contributed by atoms with Crippen molar-refractivity contribution < 1.29 is 4.74 Å². The van der Waals surface area contributed by atoms with Gasteiger partial charge in [0.15, 0.2) is 5.11 Å². The summed E-state index contributed by atoms with van der Waals surface area (Å²) in [4.78, 5) is 6.94. The molecule has 2 atom stereocenters. The zero-order valence-electron chi connectivity index (χ0n) is 21.8. The molecule has 3 heterocycles. The molecule has 38 heavy (non-hydrogen) atoms. The molecule has 6 rings (SSSR count). The maximum Gasteiger partial charge on any atom is 0.174 e. The third kappa shape index (κ3) is 4.11. The van der Waals surface area contributed by atoms with Gasteiger partial charge in [0, 0.05) is 28.7 Å². The average Bonchev–Trinajstić information content (AvgIpc) is 3.44. The minimum Gasteiger partial charge on any atom is -0.494 e. The molecule has 0 radical (unpaired) electrons. The number of nitrogens with one attached hydrogen (secondary N) is 1. The lowest BCUT2D eigenvalue weighted by Crippen LogP contribution is -2.29. The Balaban J connectivity index is 1.51. The summed E-state index contributed by atoms with van der Waals surface area (Å²) >= 11 is 5.95. The highest BCUT2D eigenvalue weighted by Gasteiger charge is 2.42. The summed E-state index contributed by atoms with van der Waals surface area (Å²) in [6.07, 6.45) is 1.84. The van der Waals surface area contributed by atoms with E-state index in [0.29, 0.717) is 11.7 Å². The predicted molar refractivity (Wildman–Crippen MR) is 158 cm³/mol. The number of hydrogen-bond donors (Lipinski definition) is 1. The lowest BCUT2D eigenvalue weighted by Gasteiger charge is -2.28. The molecule has 0 saturated carbocycles. The Bertz CT molecular complexity index is 1610. The lowest BCUT2D eigenvalue weighted by molar-refractivity contribution is 0.340. The highest BCUT2D eigenvalue weighted by molar-refractivity contribution is 7.80. The minimum absolute atomic E-state index is 0.0785. The Labute approximate surface area is 228 Å². The largest absolute Gasteiger partial charge is 0.494 e. The van der Waals surface area contributed by atoms with Gasteiger partial charge in [-0.25, -0.2) is 0 Å². The van der Waals surface area contributed by atoms with Gasteiger partial charge in [0.2, 0.25) is 0 Å². The standard InChI is InChI=1S/C32H30N4OS/c1-4-37-25-17-15-24(16-18-25)36-31(30(34-32(36)38)28-13-7-8-19-33-28)27-20-21(2)35(22(27)3)29-14-9-11-23-10-5-6-12-26(23)29/h5-20,30-31H,4H2,1-3H3,(H,34,38)/t30-,31+/m0/s1. The van der Waals surface area contributed by atoms with Crippen LogP contribution in [0.3, 0.4) is 0 Å². The van der Waals surface area contributed by atoms with Crippen molar-refractivity contribution in [1.29, 1.82) is 0 Å². The third-order valence-electron chi connectivity index (χ3n) is 7.32. The second-order valence-electron chi connectivity index (χ2n) is 9.58. The molecule has 1 N–H and O–H groups in total. The van der Waals surface area contributed by atoms with Crippen LogP contribution in [0.25, 0.3) is 16.5 Å². The third-order valence-corrected chi connectivity index (χ3v) is 7.63. The van der Waals surface area contributed by atoms with Gasteiger partial charge >= 0.3 is 0 Å². The van der Waals surface area contributed by atoms with Crippen molar-refractivity contribution in [1.82, 2.24) is 14.9 Å². The van der Waals surface area contributed by atoms with Crippen molar-refractivity contribution in [3.63, 3.8) is 0 Å². The fourth-order valence-corrected chi connectivity index (χ4v) is 6.03. The number of thiocarbonyl (C=S) groups is 1. The second-order valence-corrected chi connectivity index (χ2v) is 9.97. The van der Waals surface area contributed by atoms with Crippen LogP contribution in [0.15, 0.2) is 97.2 Å². The van der Waals surface area contributed by atoms with Crippen LogP contribution in [0.1, 0.15) is 41.7 Å². The van der Waals surface area contributed by atoms with E-state index in [1.165, 1.54) is 33.4 Å². The number of aryl methyl sites for hydroxylation is 1. The van der Waals surface area contributed by atoms with E-state index < -0.39 is 0 Å². The highest BCUT2D eigenvalue weighted by atomic mass is 32.1. The molecule has 0 amide bonds. The SMILES string of the molecule is CCOc1ccc(N2C(=S)N[C@@H](c3ccccn3)[C@H]2c2cc(C)n(-c3cccc4ccccc34)c2C)cc1.